The lowest BCUT2D eigenvalue weighted by Gasteiger charge is -2.31. The lowest BCUT2D eigenvalue weighted by atomic mass is 10.0. The highest BCUT2D eigenvalue weighted by Crippen LogP contribution is 2.39. The van der Waals surface area contributed by atoms with Crippen LogP contribution in [-0.2, 0) is 0 Å². The number of hydrogen-bond donors (Lipinski definition) is 1. The first-order valence-corrected chi connectivity index (χ1v) is 7.49. The highest BCUT2D eigenvalue weighted by molar-refractivity contribution is 6.36. The minimum atomic E-state index is -0.267. The maximum atomic E-state index is 13.2. The Morgan fingerprint density at radius 2 is 1.76 bits per heavy atom. The molecule has 0 spiro atoms. The largest absolute Gasteiger partial charge is 0.382 e. The van der Waals surface area contributed by atoms with E-state index in [0.29, 0.717) is 10.8 Å². The Morgan fingerprint density at radius 3 is 2.43 bits per heavy atom. The van der Waals surface area contributed by atoms with Crippen LogP contribution in [0.3, 0.4) is 0 Å². The molecule has 3 nitrogen and oxygen atoms in total. The van der Waals surface area contributed by atoms with Gasteiger partial charge in [0.25, 0.3) is 0 Å². The van der Waals surface area contributed by atoms with Crippen LogP contribution in [0.5, 0.6) is 0 Å². The third-order valence-corrected chi connectivity index (χ3v) is 4.24. The fraction of sp³-hybridized carbons (Fsp3) is 0.312. The predicted molar refractivity (Wildman–Crippen MR) is 85.1 cm³/mol. The van der Waals surface area contributed by atoms with Gasteiger partial charge in [0.15, 0.2) is 0 Å². The van der Waals surface area contributed by atoms with Gasteiger partial charge in [-0.25, -0.2) is 9.37 Å². The summed E-state index contributed by atoms with van der Waals surface area (Å²) in [6.45, 7) is 1.96. The quantitative estimate of drug-likeness (QED) is 0.907. The second kappa shape index (κ2) is 5.90. The molecule has 1 aromatic carbocycles. The van der Waals surface area contributed by atoms with Crippen LogP contribution in [0, 0.1) is 5.82 Å². The molecule has 0 unspecified atom stereocenters. The highest BCUT2D eigenvalue weighted by atomic mass is 35.5. The van der Waals surface area contributed by atoms with Gasteiger partial charge in [0.1, 0.15) is 11.6 Å². The van der Waals surface area contributed by atoms with E-state index >= 15 is 0 Å². The topological polar surface area (TPSA) is 42.1 Å². The highest BCUT2D eigenvalue weighted by Gasteiger charge is 2.20. The molecular formula is C16H17ClFN3. The molecule has 1 aliphatic heterocycles. The fourth-order valence-corrected chi connectivity index (χ4v) is 3.01. The molecule has 1 aromatic heterocycles. The maximum absolute atomic E-state index is 13.2. The van der Waals surface area contributed by atoms with Crippen LogP contribution < -0.4 is 10.6 Å². The number of piperidine rings is 1. The van der Waals surface area contributed by atoms with Gasteiger partial charge in [0, 0.05) is 18.7 Å². The van der Waals surface area contributed by atoms with Crippen molar-refractivity contribution in [1.29, 1.82) is 0 Å². The first kappa shape index (κ1) is 14.1. The molecule has 2 heterocycles. The van der Waals surface area contributed by atoms with E-state index in [9.17, 15) is 4.39 Å². The molecule has 1 saturated heterocycles. The van der Waals surface area contributed by atoms with Crippen LogP contribution in [0.1, 0.15) is 19.3 Å². The Balaban J connectivity index is 2.11. The predicted octanol–water partition coefficient (Wildman–Crippen LogP) is 4.11. The van der Waals surface area contributed by atoms with Gasteiger partial charge in [-0.3, -0.25) is 0 Å². The van der Waals surface area contributed by atoms with E-state index in [4.69, 9.17) is 17.3 Å². The first-order valence-electron chi connectivity index (χ1n) is 7.11. The van der Waals surface area contributed by atoms with Gasteiger partial charge in [0.2, 0.25) is 0 Å². The van der Waals surface area contributed by atoms with E-state index in [1.54, 1.807) is 18.3 Å². The number of hydrogen-bond acceptors (Lipinski definition) is 3. The summed E-state index contributed by atoms with van der Waals surface area (Å²) >= 11 is 6.38. The van der Waals surface area contributed by atoms with E-state index in [2.05, 4.69) is 9.88 Å². The average molecular weight is 306 g/mol. The SMILES string of the molecule is Nc1ncc(N2CCCCC2)c(-c2ccc(F)cc2)c1Cl. The van der Waals surface area contributed by atoms with Crippen molar-refractivity contribution < 1.29 is 4.39 Å². The third kappa shape index (κ3) is 2.81. The molecule has 1 fully saturated rings. The molecule has 0 atom stereocenters. The summed E-state index contributed by atoms with van der Waals surface area (Å²) in [5, 5.41) is 0.435. The molecule has 2 aromatic rings. The minimum Gasteiger partial charge on any atom is -0.382 e. The van der Waals surface area contributed by atoms with E-state index in [1.165, 1.54) is 18.6 Å². The third-order valence-electron chi connectivity index (χ3n) is 3.86. The van der Waals surface area contributed by atoms with Crippen molar-refractivity contribution >= 4 is 23.1 Å². The number of benzene rings is 1. The average Bonchev–Trinajstić information content (AvgIpc) is 2.52. The molecule has 5 heteroatoms. The van der Waals surface area contributed by atoms with E-state index in [-0.39, 0.29) is 5.82 Å². The Morgan fingerprint density at radius 1 is 1.10 bits per heavy atom. The number of nitrogens with two attached hydrogens (primary N) is 1. The number of rotatable bonds is 2. The van der Waals surface area contributed by atoms with Crippen LogP contribution in [0.4, 0.5) is 15.9 Å². The number of nitrogen functional groups attached to an aromatic ring is 1. The van der Waals surface area contributed by atoms with Crippen LogP contribution in [0.15, 0.2) is 30.5 Å². The smallest absolute Gasteiger partial charge is 0.142 e. The zero-order valence-electron chi connectivity index (χ0n) is 11.6. The molecule has 3 rings (SSSR count). The first-order chi connectivity index (χ1) is 10.2. The number of halogens is 2. The van der Waals surface area contributed by atoms with Gasteiger partial charge in [0.05, 0.1) is 16.9 Å². The minimum absolute atomic E-state index is 0.267. The molecule has 110 valence electrons. The van der Waals surface area contributed by atoms with Gasteiger partial charge >= 0.3 is 0 Å². The van der Waals surface area contributed by atoms with Crippen molar-refractivity contribution in [3.8, 4) is 11.1 Å². The van der Waals surface area contributed by atoms with Crippen molar-refractivity contribution in [3.05, 3.63) is 41.3 Å². The van der Waals surface area contributed by atoms with Crippen LogP contribution in [0.2, 0.25) is 5.02 Å². The summed E-state index contributed by atoms with van der Waals surface area (Å²) in [5.41, 5.74) is 8.52. The van der Waals surface area contributed by atoms with E-state index in [0.717, 1.165) is 42.7 Å². The summed E-state index contributed by atoms with van der Waals surface area (Å²) in [7, 11) is 0. The second-order valence-corrected chi connectivity index (χ2v) is 5.65. The van der Waals surface area contributed by atoms with Gasteiger partial charge < -0.3 is 10.6 Å². The summed E-state index contributed by atoms with van der Waals surface area (Å²) in [6, 6.07) is 6.32. The van der Waals surface area contributed by atoms with Crippen molar-refractivity contribution in [3.63, 3.8) is 0 Å². The van der Waals surface area contributed by atoms with Crippen LogP contribution in [0.25, 0.3) is 11.1 Å². The normalized spacial score (nSPS) is 15.2. The van der Waals surface area contributed by atoms with Gasteiger partial charge in [-0.2, -0.15) is 0 Å². The van der Waals surface area contributed by atoms with E-state index in [1.807, 2.05) is 0 Å². The van der Waals surface area contributed by atoms with Gasteiger partial charge in [-0.15, -0.1) is 0 Å². The molecule has 21 heavy (non-hydrogen) atoms. The summed E-state index contributed by atoms with van der Waals surface area (Å²) in [6.07, 6.45) is 5.33. The summed E-state index contributed by atoms with van der Waals surface area (Å²) in [5.74, 6) is 0.0353. The van der Waals surface area contributed by atoms with E-state index < -0.39 is 0 Å². The monoisotopic (exact) mass is 305 g/mol. The van der Waals surface area contributed by atoms with Crippen molar-refractivity contribution in [2.45, 2.75) is 19.3 Å². The Hall–Kier alpha value is -1.81. The van der Waals surface area contributed by atoms with Crippen LogP contribution >= 0.6 is 11.6 Å². The zero-order chi connectivity index (χ0) is 14.8. The molecule has 0 radical (unpaired) electrons. The molecule has 0 amide bonds. The maximum Gasteiger partial charge on any atom is 0.142 e. The number of nitrogens with zero attached hydrogens (tertiary/aromatic N) is 2. The number of anilines is 2. The molecule has 0 saturated carbocycles. The molecule has 2 N–H and O–H groups in total. The van der Waals surface area contributed by atoms with Gasteiger partial charge in [-0.1, -0.05) is 23.7 Å². The van der Waals surface area contributed by atoms with Gasteiger partial charge in [-0.05, 0) is 37.0 Å². The standard InChI is InChI=1S/C16H17ClFN3/c17-15-14(11-4-6-12(18)7-5-11)13(10-20-16(15)19)21-8-2-1-3-9-21/h4-7,10H,1-3,8-9H2,(H2,19,20). The van der Waals surface area contributed by atoms with Crippen LogP contribution in [-0.4, -0.2) is 18.1 Å². The van der Waals surface area contributed by atoms with Crippen molar-refractivity contribution in [1.82, 2.24) is 4.98 Å². The lowest BCUT2D eigenvalue weighted by Crippen LogP contribution is -2.30. The Bertz CT molecular complexity index is 637. The Kier molecular flexibility index (Phi) is 3.97. The molecule has 0 aliphatic carbocycles. The van der Waals surface area contributed by atoms with Crippen molar-refractivity contribution in [2.24, 2.45) is 0 Å². The lowest BCUT2D eigenvalue weighted by molar-refractivity contribution is 0.578. The zero-order valence-corrected chi connectivity index (χ0v) is 12.4. The van der Waals surface area contributed by atoms with Crippen molar-refractivity contribution in [2.75, 3.05) is 23.7 Å². The number of pyridine rings is 1. The number of aromatic nitrogens is 1. The molecular weight excluding hydrogens is 289 g/mol. The molecule has 1 aliphatic rings. The second-order valence-electron chi connectivity index (χ2n) is 5.27. The fourth-order valence-electron chi connectivity index (χ4n) is 2.76. The summed E-state index contributed by atoms with van der Waals surface area (Å²) < 4.78 is 13.2. The Labute approximate surface area is 128 Å². The molecule has 0 bridgehead atoms. The summed E-state index contributed by atoms with van der Waals surface area (Å²) in [4.78, 5) is 6.47.